The van der Waals surface area contributed by atoms with Crippen molar-refractivity contribution in [3.8, 4) is 0 Å². The van der Waals surface area contributed by atoms with Crippen LogP contribution in [-0.2, 0) is 0 Å². The van der Waals surface area contributed by atoms with Crippen molar-refractivity contribution in [1.82, 2.24) is 5.43 Å². The topological polar surface area (TPSA) is 38.0 Å². The number of nitrogens with one attached hydrogen (secondary N) is 1. The number of thioether (sulfide) groups is 1. The summed E-state index contributed by atoms with van der Waals surface area (Å²) >= 11 is 7.77. The molecule has 0 heterocycles. The summed E-state index contributed by atoms with van der Waals surface area (Å²) in [5, 5.41) is 0.789. The van der Waals surface area contributed by atoms with Crippen LogP contribution in [0.2, 0.25) is 5.02 Å². The van der Waals surface area contributed by atoms with Crippen molar-refractivity contribution in [2.45, 2.75) is 44.0 Å². The molecule has 0 fully saturated rings. The lowest BCUT2D eigenvalue weighted by atomic mass is 9.98. The summed E-state index contributed by atoms with van der Waals surface area (Å²) in [7, 11) is 0. The Bertz CT molecular complexity index is 346. The Morgan fingerprint density at radius 2 is 2.22 bits per heavy atom. The monoisotopic (exact) mass is 286 g/mol. The predicted octanol–water partition coefficient (Wildman–Crippen LogP) is 4.09. The quantitative estimate of drug-likeness (QED) is 0.429. The van der Waals surface area contributed by atoms with Gasteiger partial charge in [-0.15, -0.1) is 11.8 Å². The van der Waals surface area contributed by atoms with Gasteiger partial charge in [0.05, 0.1) is 0 Å². The van der Waals surface area contributed by atoms with Crippen LogP contribution in [0.3, 0.4) is 0 Å². The van der Waals surface area contributed by atoms with E-state index in [4.69, 9.17) is 17.4 Å². The van der Waals surface area contributed by atoms with Gasteiger partial charge in [-0.2, -0.15) is 0 Å². The van der Waals surface area contributed by atoms with Gasteiger partial charge in [0.15, 0.2) is 0 Å². The van der Waals surface area contributed by atoms with Crippen LogP contribution in [0.4, 0.5) is 0 Å². The highest BCUT2D eigenvalue weighted by Crippen LogP contribution is 2.24. The van der Waals surface area contributed by atoms with Gasteiger partial charge in [0, 0.05) is 21.7 Å². The van der Waals surface area contributed by atoms with Gasteiger partial charge in [0.2, 0.25) is 0 Å². The fourth-order valence-electron chi connectivity index (χ4n) is 2.03. The molecule has 0 saturated carbocycles. The number of benzene rings is 1. The van der Waals surface area contributed by atoms with E-state index in [2.05, 4.69) is 25.3 Å². The molecule has 0 aliphatic rings. The molecule has 18 heavy (non-hydrogen) atoms. The smallest absolute Gasteiger partial charge is 0.0417 e. The van der Waals surface area contributed by atoms with Gasteiger partial charge in [0.25, 0.3) is 0 Å². The minimum atomic E-state index is 0.357. The van der Waals surface area contributed by atoms with E-state index in [-0.39, 0.29) is 0 Å². The molecule has 0 aliphatic heterocycles. The maximum Gasteiger partial charge on any atom is 0.0417 e. The molecule has 0 bridgehead atoms. The number of nitrogens with two attached hydrogens (primary N) is 1. The zero-order valence-corrected chi connectivity index (χ0v) is 12.7. The molecule has 0 spiro atoms. The van der Waals surface area contributed by atoms with Crippen molar-refractivity contribution in [2.24, 2.45) is 11.8 Å². The highest BCUT2D eigenvalue weighted by atomic mass is 35.5. The van der Waals surface area contributed by atoms with E-state index in [0.717, 1.165) is 23.1 Å². The van der Waals surface area contributed by atoms with Gasteiger partial charge in [-0.25, -0.2) is 0 Å². The van der Waals surface area contributed by atoms with Gasteiger partial charge in [-0.3, -0.25) is 11.3 Å². The maximum atomic E-state index is 5.97. The second-order valence-corrected chi connectivity index (χ2v) is 6.29. The second kappa shape index (κ2) is 8.81. The third-order valence-corrected chi connectivity index (χ3v) is 4.34. The minimum Gasteiger partial charge on any atom is -0.271 e. The van der Waals surface area contributed by atoms with Gasteiger partial charge in [-0.05, 0) is 30.5 Å². The Hall–Kier alpha value is -0.220. The van der Waals surface area contributed by atoms with Crippen LogP contribution < -0.4 is 11.3 Å². The average molecular weight is 287 g/mol. The minimum absolute atomic E-state index is 0.357. The van der Waals surface area contributed by atoms with E-state index in [1.54, 1.807) is 11.8 Å². The van der Waals surface area contributed by atoms with Crippen molar-refractivity contribution >= 4 is 23.4 Å². The molecule has 0 amide bonds. The van der Waals surface area contributed by atoms with Crippen molar-refractivity contribution in [3.63, 3.8) is 0 Å². The van der Waals surface area contributed by atoms with Crippen LogP contribution in [0.15, 0.2) is 29.2 Å². The highest BCUT2D eigenvalue weighted by Gasteiger charge is 2.11. The summed E-state index contributed by atoms with van der Waals surface area (Å²) in [6.07, 6.45) is 3.62. The molecular weight excluding hydrogens is 264 g/mol. The van der Waals surface area contributed by atoms with Crippen LogP contribution in [0, 0.1) is 5.92 Å². The van der Waals surface area contributed by atoms with E-state index >= 15 is 0 Å². The molecule has 0 saturated heterocycles. The fraction of sp³-hybridized carbons (Fsp3) is 0.571. The van der Waals surface area contributed by atoms with Crippen molar-refractivity contribution in [2.75, 3.05) is 5.75 Å². The Labute approximate surface area is 120 Å². The largest absolute Gasteiger partial charge is 0.271 e. The third kappa shape index (κ3) is 6.10. The number of halogens is 1. The Balaban J connectivity index is 2.39. The van der Waals surface area contributed by atoms with Crippen LogP contribution in [0.1, 0.15) is 33.1 Å². The van der Waals surface area contributed by atoms with Crippen molar-refractivity contribution < 1.29 is 0 Å². The van der Waals surface area contributed by atoms with Gasteiger partial charge >= 0.3 is 0 Å². The molecule has 2 atom stereocenters. The molecule has 4 heteroatoms. The number of hydrazine groups is 1. The summed E-state index contributed by atoms with van der Waals surface area (Å²) in [6, 6.07) is 8.31. The molecule has 1 rings (SSSR count). The molecule has 0 aliphatic carbocycles. The zero-order chi connectivity index (χ0) is 13.4. The zero-order valence-electron chi connectivity index (χ0n) is 11.2. The molecule has 1 aromatic rings. The first-order chi connectivity index (χ1) is 8.65. The van der Waals surface area contributed by atoms with Gasteiger partial charge in [0.1, 0.15) is 0 Å². The fourth-order valence-corrected chi connectivity index (χ4v) is 3.30. The van der Waals surface area contributed by atoms with Crippen LogP contribution >= 0.6 is 23.4 Å². The van der Waals surface area contributed by atoms with Crippen molar-refractivity contribution in [3.05, 3.63) is 29.3 Å². The first-order valence-corrected chi connectivity index (χ1v) is 7.86. The van der Waals surface area contributed by atoms with E-state index in [0.29, 0.717) is 6.04 Å². The van der Waals surface area contributed by atoms with Crippen LogP contribution in [-0.4, -0.2) is 11.8 Å². The van der Waals surface area contributed by atoms with Gasteiger partial charge in [-0.1, -0.05) is 44.4 Å². The van der Waals surface area contributed by atoms with E-state index in [9.17, 15) is 0 Å². The van der Waals surface area contributed by atoms with Crippen LogP contribution in [0.25, 0.3) is 0 Å². The summed E-state index contributed by atoms with van der Waals surface area (Å²) in [5.41, 5.74) is 2.92. The summed E-state index contributed by atoms with van der Waals surface area (Å²) in [6.45, 7) is 4.51. The Morgan fingerprint density at radius 1 is 1.44 bits per heavy atom. The van der Waals surface area contributed by atoms with Gasteiger partial charge < -0.3 is 0 Å². The summed E-state index contributed by atoms with van der Waals surface area (Å²) < 4.78 is 0. The molecular formula is C14H23ClN2S. The molecule has 0 aromatic heterocycles. The first-order valence-electron chi connectivity index (χ1n) is 6.50. The lowest BCUT2D eigenvalue weighted by molar-refractivity contribution is 0.408. The van der Waals surface area contributed by atoms with E-state index in [1.165, 1.54) is 17.7 Å². The molecule has 1 aromatic carbocycles. The molecule has 0 radical (unpaired) electrons. The number of hydrogen-bond acceptors (Lipinski definition) is 3. The Morgan fingerprint density at radius 3 is 2.83 bits per heavy atom. The van der Waals surface area contributed by atoms with E-state index < -0.39 is 0 Å². The number of hydrogen-bond donors (Lipinski definition) is 2. The highest BCUT2D eigenvalue weighted by molar-refractivity contribution is 7.99. The maximum absolute atomic E-state index is 5.97. The summed E-state index contributed by atoms with van der Waals surface area (Å²) in [4.78, 5) is 1.20. The lowest BCUT2D eigenvalue weighted by Gasteiger charge is -2.19. The lowest BCUT2D eigenvalue weighted by Crippen LogP contribution is -2.38. The second-order valence-electron chi connectivity index (χ2n) is 4.76. The van der Waals surface area contributed by atoms with Crippen LogP contribution in [0.5, 0.6) is 0 Å². The standard InChI is InChI=1S/C14H23ClN2S/c1-3-5-11(2)8-13(17-16)10-18-14-7-4-6-12(15)9-14/h4,6-7,9,11,13,17H,3,5,8,10,16H2,1-2H3. The summed E-state index contributed by atoms with van der Waals surface area (Å²) in [5.74, 6) is 7.32. The van der Waals surface area contributed by atoms with Crippen molar-refractivity contribution in [1.29, 1.82) is 0 Å². The number of rotatable bonds is 8. The first kappa shape index (κ1) is 15.8. The Kier molecular flexibility index (Phi) is 7.75. The molecule has 3 N–H and O–H groups in total. The SMILES string of the molecule is CCCC(C)CC(CSc1cccc(Cl)c1)NN. The average Bonchev–Trinajstić information content (AvgIpc) is 2.35. The van der Waals surface area contributed by atoms with E-state index in [1.807, 2.05) is 18.2 Å². The third-order valence-electron chi connectivity index (χ3n) is 2.95. The predicted molar refractivity (Wildman–Crippen MR) is 82.0 cm³/mol. The molecule has 102 valence electrons. The molecule has 2 unspecified atom stereocenters. The normalized spacial score (nSPS) is 14.4. The molecule has 2 nitrogen and oxygen atoms in total.